The number of ether oxygens (including phenoxy) is 2. The molecule has 1 heterocycles. The topological polar surface area (TPSA) is 120 Å². The van der Waals surface area contributed by atoms with Gasteiger partial charge in [-0.25, -0.2) is 9.59 Å². The lowest BCUT2D eigenvalue weighted by atomic mass is 10.2. The summed E-state index contributed by atoms with van der Waals surface area (Å²) in [4.78, 5) is 35.2. The average molecular weight is 397 g/mol. The van der Waals surface area contributed by atoms with Crippen LogP contribution in [0.4, 0.5) is 11.4 Å². The number of nitro groups is 1. The normalized spacial score (nSPS) is 15.2. The Morgan fingerprint density at radius 3 is 2.14 bits per heavy atom. The van der Waals surface area contributed by atoms with Gasteiger partial charge in [0.1, 0.15) is 5.82 Å². The molecule has 1 aliphatic rings. The molecule has 9 nitrogen and oxygen atoms in total. The maximum Gasteiger partial charge on any atom is 0.352 e. The van der Waals surface area contributed by atoms with Crippen LogP contribution < -0.4 is 10.6 Å². The highest BCUT2D eigenvalue weighted by Crippen LogP contribution is 2.25. The summed E-state index contributed by atoms with van der Waals surface area (Å²) in [5.74, 6) is -2.96. The van der Waals surface area contributed by atoms with Gasteiger partial charge in [0, 0.05) is 38.2 Å². The van der Waals surface area contributed by atoms with Gasteiger partial charge in [0.05, 0.1) is 4.92 Å². The Bertz CT molecular complexity index is 945. The molecule has 0 saturated carbocycles. The highest BCUT2D eigenvalue weighted by atomic mass is 16.7. The number of nitrogens with zero attached hydrogens (tertiary/aromatic N) is 1. The van der Waals surface area contributed by atoms with Crippen molar-refractivity contribution in [1.29, 1.82) is 0 Å². The van der Waals surface area contributed by atoms with Crippen molar-refractivity contribution in [3.8, 4) is 0 Å². The van der Waals surface area contributed by atoms with Crippen LogP contribution in [0.25, 0.3) is 0 Å². The molecular formula is C20H19N3O6. The van der Waals surface area contributed by atoms with Crippen LogP contribution >= 0.6 is 0 Å². The zero-order valence-corrected chi connectivity index (χ0v) is 15.8. The number of hydrogen-bond acceptors (Lipinski definition) is 8. The molecule has 2 aromatic rings. The summed E-state index contributed by atoms with van der Waals surface area (Å²) in [5, 5.41) is 16.8. The van der Waals surface area contributed by atoms with Gasteiger partial charge in [-0.3, -0.25) is 10.1 Å². The van der Waals surface area contributed by atoms with Crippen LogP contribution in [0, 0.1) is 10.1 Å². The highest BCUT2D eigenvalue weighted by Gasteiger charge is 2.41. The Kier molecular flexibility index (Phi) is 5.49. The van der Waals surface area contributed by atoms with Crippen molar-refractivity contribution in [1.82, 2.24) is 5.32 Å². The largest absolute Gasteiger partial charge is 0.419 e. The average Bonchev–Trinajstić information content (AvgIpc) is 2.65. The maximum absolute atomic E-state index is 12.5. The monoisotopic (exact) mass is 397 g/mol. The number of benzene rings is 2. The Hall–Kier alpha value is -3.88. The van der Waals surface area contributed by atoms with Gasteiger partial charge in [-0.2, -0.15) is 0 Å². The van der Waals surface area contributed by atoms with E-state index in [2.05, 4.69) is 10.6 Å². The second-order valence-corrected chi connectivity index (χ2v) is 6.70. The first-order valence-corrected chi connectivity index (χ1v) is 8.75. The molecule has 1 fully saturated rings. The number of carbonyl (C=O) groups excluding carboxylic acids is 2. The lowest BCUT2D eigenvalue weighted by Gasteiger charge is -2.31. The molecule has 0 aliphatic carbocycles. The van der Waals surface area contributed by atoms with Crippen LogP contribution in [0.1, 0.15) is 19.4 Å². The van der Waals surface area contributed by atoms with Gasteiger partial charge in [0.15, 0.2) is 5.57 Å². The Morgan fingerprint density at radius 1 is 1.00 bits per heavy atom. The number of esters is 2. The van der Waals surface area contributed by atoms with Crippen LogP contribution in [0.15, 0.2) is 66.0 Å². The summed E-state index contributed by atoms with van der Waals surface area (Å²) in [6.45, 7) is 3.23. The molecule has 29 heavy (non-hydrogen) atoms. The fourth-order valence-corrected chi connectivity index (χ4v) is 2.65. The molecule has 0 radical (unpaired) electrons. The van der Waals surface area contributed by atoms with Gasteiger partial charge in [0.25, 0.3) is 11.5 Å². The van der Waals surface area contributed by atoms with E-state index in [1.807, 2.05) is 30.3 Å². The van der Waals surface area contributed by atoms with Gasteiger partial charge < -0.3 is 20.1 Å². The fraction of sp³-hybridized carbons (Fsp3) is 0.200. The van der Waals surface area contributed by atoms with Crippen molar-refractivity contribution >= 4 is 23.3 Å². The summed E-state index contributed by atoms with van der Waals surface area (Å²) in [6, 6.07) is 14.9. The number of hydrogen-bond donors (Lipinski definition) is 2. The zero-order valence-electron chi connectivity index (χ0n) is 15.8. The van der Waals surface area contributed by atoms with Gasteiger partial charge >= 0.3 is 11.9 Å². The standard InChI is InChI=1S/C20H19N3O6/c1-20(2)28-18(24)16(19(25)29-20)17(21-12-13-6-4-3-5-7-13)22-14-8-10-15(11-9-14)23(26)27/h3-11,21-22H,12H2,1-2H3. The number of non-ortho nitro benzene ring substituents is 1. The van der Waals surface area contributed by atoms with Crippen LogP contribution in [0.2, 0.25) is 0 Å². The number of rotatable bonds is 6. The quantitative estimate of drug-likeness (QED) is 0.251. The first-order valence-electron chi connectivity index (χ1n) is 8.75. The van der Waals surface area contributed by atoms with Crippen molar-refractivity contribution in [3.63, 3.8) is 0 Å². The number of carbonyl (C=O) groups is 2. The van der Waals surface area contributed by atoms with Crippen molar-refractivity contribution in [3.05, 3.63) is 81.7 Å². The molecule has 2 N–H and O–H groups in total. The number of nitro benzene ring substituents is 1. The lowest BCUT2D eigenvalue weighted by molar-refractivity contribution is -0.384. The zero-order chi connectivity index (χ0) is 21.0. The van der Waals surface area contributed by atoms with Gasteiger partial charge in [-0.1, -0.05) is 30.3 Å². The highest BCUT2D eigenvalue weighted by molar-refractivity contribution is 6.16. The summed E-state index contributed by atoms with van der Waals surface area (Å²) in [6.07, 6.45) is 0. The SMILES string of the molecule is CC1(C)OC(=O)C(=C(NCc2ccccc2)Nc2ccc([N+](=O)[O-])cc2)C(=O)O1. The fourth-order valence-electron chi connectivity index (χ4n) is 2.65. The van der Waals surface area contributed by atoms with E-state index in [-0.39, 0.29) is 17.1 Å². The Labute approximate surface area is 166 Å². The number of anilines is 1. The molecule has 3 rings (SSSR count). The van der Waals surface area contributed by atoms with E-state index in [1.54, 1.807) is 0 Å². The molecule has 0 amide bonds. The third kappa shape index (κ3) is 4.89. The van der Waals surface area contributed by atoms with Gasteiger partial charge in [-0.05, 0) is 17.7 Å². The molecule has 1 saturated heterocycles. The van der Waals surface area contributed by atoms with Crippen LogP contribution in [-0.2, 0) is 25.6 Å². The molecule has 1 aliphatic heterocycles. The van der Waals surface area contributed by atoms with Crippen molar-refractivity contribution in [2.45, 2.75) is 26.2 Å². The van der Waals surface area contributed by atoms with E-state index in [0.717, 1.165) is 5.56 Å². The number of cyclic esters (lactones) is 2. The van der Waals surface area contributed by atoms with Gasteiger partial charge in [-0.15, -0.1) is 0 Å². The molecule has 0 atom stereocenters. The first kappa shape index (κ1) is 19.9. The summed E-state index contributed by atoms with van der Waals surface area (Å²) < 4.78 is 10.3. The summed E-state index contributed by atoms with van der Waals surface area (Å²) in [7, 11) is 0. The molecule has 0 aromatic heterocycles. The second kappa shape index (κ2) is 8.01. The Balaban J connectivity index is 1.91. The minimum Gasteiger partial charge on any atom is -0.419 e. The van der Waals surface area contributed by atoms with E-state index >= 15 is 0 Å². The lowest BCUT2D eigenvalue weighted by Crippen LogP contribution is -2.44. The molecule has 9 heteroatoms. The third-order valence-corrected chi connectivity index (χ3v) is 3.99. The molecule has 150 valence electrons. The van der Waals surface area contributed by atoms with E-state index in [1.165, 1.54) is 38.1 Å². The maximum atomic E-state index is 12.5. The minimum absolute atomic E-state index is 0.0770. The Morgan fingerprint density at radius 2 is 1.59 bits per heavy atom. The van der Waals surface area contributed by atoms with E-state index in [4.69, 9.17) is 9.47 Å². The summed E-state index contributed by atoms with van der Waals surface area (Å²) in [5.41, 5.74) is 0.942. The van der Waals surface area contributed by atoms with Crippen LogP contribution in [0.3, 0.4) is 0 Å². The van der Waals surface area contributed by atoms with Crippen molar-refractivity contribution < 1.29 is 24.0 Å². The van der Waals surface area contributed by atoms with Gasteiger partial charge in [0.2, 0.25) is 0 Å². The molecule has 2 aromatic carbocycles. The summed E-state index contributed by atoms with van der Waals surface area (Å²) >= 11 is 0. The molecule has 0 spiro atoms. The third-order valence-electron chi connectivity index (χ3n) is 3.99. The van der Waals surface area contributed by atoms with E-state index in [9.17, 15) is 19.7 Å². The minimum atomic E-state index is -1.37. The van der Waals surface area contributed by atoms with E-state index < -0.39 is 22.6 Å². The number of nitrogens with one attached hydrogen (secondary N) is 2. The predicted molar refractivity (Wildman–Crippen MR) is 103 cm³/mol. The first-order chi connectivity index (χ1) is 13.7. The second-order valence-electron chi connectivity index (χ2n) is 6.70. The van der Waals surface area contributed by atoms with Crippen LogP contribution in [0.5, 0.6) is 0 Å². The predicted octanol–water partition coefficient (Wildman–Crippen LogP) is 2.84. The van der Waals surface area contributed by atoms with E-state index in [0.29, 0.717) is 12.2 Å². The molecular weight excluding hydrogens is 378 g/mol. The molecule has 0 unspecified atom stereocenters. The van der Waals surface area contributed by atoms with Crippen LogP contribution in [-0.4, -0.2) is 22.6 Å². The smallest absolute Gasteiger partial charge is 0.352 e. The molecule has 0 bridgehead atoms. The van der Waals surface area contributed by atoms with Crippen molar-refractivity contribution in [2.75, 3.05) is 5.32 Å². The van der Waals surface area contributed by atoms with Crippen molar-refractivity contribution in [2.24, 2.45) is 0 Å².